The van der Waals surface area contributed by atoms with Gasteiger partial charge in [-0.2, -0.15) is 0 Å². The second-order valence-corrected chi connectivity index (χ2v) is 5.72. The first kappa shape index (κ1) is 18.3. The summed E-state index contributed by atoms with van der Waals surface area (Å²) >= 11 is 0. The number of aromatic nitrogens is 1. The van der Waals surface area contributed by atoms with Gasteiger partial charge in [-0.3, -0.25) is 0 Å². The van der Waals surface area contributed by atoms with Crippen molar-refractivity contribution in [1.82, 2.24) is 4.98 Å². The van der Waals surface area contributed by atoms with Gasteiger partial charge in [0.2, 0.25) is 5.75 Å². The summed E-state index contributed by atoms with van der Waals surface area (Å²) in [5.41, 5.74) is 2.88. The number of methoxy groups -OCH3 is 3. The average molecular weight is 362 g/mol. The summed E-state index contributed by atoms with van der Waals surface area (Å²) < 4.78 is 16.2. The summed E-state index contributed by atoms with van der Waals surface area (Å²) in [5.74, 6) is 2.59. The molecule has 3 rings (SSSR count). The van der Waals surface area contributed by atoms with Crippen molar-refractivity contribution in [3.8, 4) is 17.2 Å². The van der Waals surface area contributed by atoms with E-state index in [1.807, 2.05) is 66.7 Å². The van der Waals surface area contributed by atoms with E-state index in [-0.39, 0.29) is 0 Å². The number of rotatable bonds is 7. The lowest BCUT2D eigenvalue weighted by Gasteiger charge is -2.13. The maximum atomic E-state index is 5.41. The molecular formula is C22H22N2O3. The molecule has 5 heteroatoms. The summed E-state index contributed by atoms with van der Waals surface area (Å²) in [7, 11) is 4.80. The second-order valence-electron chi connectivity index (χ2n) is 5.72. The molecule has 27 heavy (non-hydrogen) atoms. The van der Waals surface area contributed by atoms with Crippen LogP contribution in [0.1, 0.15) is 11.1 Å². The average Bonchev–Trinajstić information content (AvgIpc) is 2.73. The maximum absolute atomic E-state index is 5.41. The third-order valence-electron chi connectivity index (χ3n) is 4.02. The monoisotopic (exact) mass is 362 g/mol. The van der Waals surface area contributed by atoms with Crippen LogP contribution in [0, 0.1) is 0 Å². The van der Waals surface area contributed by atoms with E-state index in [2.05, 4.69) is 10.3 Å². The molecule has 1 N–H and O–H groups in total. The Bertz CT molecular complexity index is 899. The predicted octanol–water partition coefficient (Wildman–Crippen LogP) is 5.02. The lowest BCUT2D eigenvalue weighted by molar-refractivity contribution is 0.324. The van der Waals surface area contributed by atoms with E-state index in [4.69, 9.17) is 14.2 Å². The standard InChI is InChI=1S/C22H22N2O3/c1-25-19-14-16(15-20(26-2)21(19)27-3)11-12-17-8-7-13-23-22(17)24-18-9-5-4-6-10-18/h4-15H,1-3H3,(H,23,24)/b12-11+. The first-order valence-corrected chi connectivity index (χ1v) is 8.50. The minimum atomic E-state index is 0.574. The Balaban J connectivity index is 1.91. The van der Waals surface area contributed by atoms with E-state index in [1.54, 1.807) is 27.5 Å². The fourth-order valence-corrected chi connectivity index (χ4v) is 2.70. The second kappa shape index (κ2) is 8.76. The highest BCUT2D eigenvalue weighted by molar-refractivity contribution is 5.78. The number of benzene rings is 2. The minimum Gasteiger partial charge on any atom is -0.493 e. The van der Waals surface area contributed by atoms with Gasteiger partial charge in [0.1, 0.15) is 5.82 Å². The smallest absolute Gasteiger partial charge is 0.203 e. The van der Waals surface area contributed by atoms with Crippen LogP contribution in [0.5, 0.6) is 17.2 Å². The first-order chi connectivity index (χ1) is 13.2. The van der Waals surface area contributed by atoms with Crippen LogP contribution in [-0.4, -0.2) is 26.3 Å². The summed E-state index contributed by atoms with van der Waals surface area (Å²) in [6, 6.07) is 17.7. The van der Waals surface area contributed by atoms with Crippen molar-refractivity contribution < 1.29 is 14.2 Å². The molecule has 0 radical (unpaired) electrons. The van der Waals surface area contributed by atoms with E-state index < -0.39 is 0 Å². The third-order valence-corrected chi connectivity index (χ3v) is 4.02. The van der Waals surface area contributed by atoms with Crippen LogP contribution in [-0.2, 0) is 0 Å². The van der Waals surface area contributed by atoms with E-state index in [0.29, 0.717) is 17.2 Å². The molecular weight excluding hydrogens is 340 g/mol. The number of para-hydroxylation sites is 1. The third kappa shape index (κ3) is 4.39. The molecule has 0 aliphatic heterocycles. The van der Waals surface area contributed by atoms with Gasteiger partial charge in [-0.15, -0.1) is 0 Å². The van der Waals surface area contributed by atoms with Crippen LogP contribution in [0.2, 0.25) is 0 Å². The molecule has 1 heterocycles. The zero-order valence-electron chi connectivity index (χ0n) is 15.6. The van der Waals surface area contributed by atoms with Crippen LogP contribution >= 0.6 is 0 Å². The largest absolute Gasteiger partial charge is 0.493 e. The molecule has 0 aliphatic rings. The van der Waals surface area contributed by atoms with Gasteiger partial charge >= 0.3 is 0 Å². The highest BCUT2D eigenvalue weighted by Gasteiger charge is 2.12. The molecule has 0 aliphatic carbocycles. The zero-order chi connectivity index (χ0) is 19.1. The Kier molecular flexibility index (Phi) is 5.94. The number of ether oxygens (including phenoxy) is 3. The number of anilines is 2. The zero-order valence-corrected chi connectivity index (χ0v) is 15.6. The summed E-state index contributed by atoms with van der Waals surface area (Å²) in [5, 5.41) is 3.34. The molecule has 0 spiro atoms. The summed E-state index contributed by atoms with van der Waals surface area (Å²) in [6.45, 7) is 0. The van der Waals surface area contributed by atoms with E-state index in [9.17, 15) is 0 Å². The molecule has 0 atom stereocenters. The molecule has 0 amide bonds. The fraction of sp³-hybridized carbons (Fsp3) is 0.136. The molecule has 1 aromatic heterocycles. The van der Waals surface area contributed by atoms with Crippen molar-refractivity contribution in [1.29, 1.82) is 0 Å². The molecule has 0 fully saturated rings. The van der Waals surface area contributed by atoms with E-state index >= 15 is 0 Å². The molecule has 0 saturated heterocycles. The highest BCUT2D eigenvalue weighted by atomic mass is 16.5. The van der Waals surface area contributed by atoms with Crippen LogP contribution in [0.15, 0.2) is 60.8 Å². The topological polar surface area (TPSA) is 52.6 Å². The number of nitrogens with zero attached hydrogens (tertiary/aromatic N) is 1. The van der Waals surface area contributed by atoms with Crippen molar-refractivity contribution in [3.63, 3.8) is 0 Å². The van der Waals surface area contributed by atoms with Crippen LogP contribution in [0.25, 0.3) is 12.2 Å². The Hall–Kier alpha value is -3.47. The minimum absolute atomic E-state index is 0.574. The lowest BCUT2D eigenvalue weighted by Crippen LogP contribution is -1.96. The number of pyridine rings is 1. The van der Waals surface area contributed by atoms with Crippen molar-refractivity contribution in [3.05, 3.63) is 71.9 Å². The number of nitrogens with one attached hydrogen (secondary N) is 1. The molecule has 5 nitrogen and oxygen atoms in total. The molecule has 0 unspecified atom stereocenters. The van der Waals surface area contributed by atoms with Gasteiger partial charge < -0.3 is 19.5 Å². The SMILES string of the molecule is COc1cc(/C=C/c2cccnc2Nc2ccccc2)cc(OC)c1OC. The molecule has 0 saturated carbocycles. The van der Waals surface area contributed by atoms with Crippen molar-refractivity contribution in [2.75, 3.05) is 26.6 Å². The molecule has 3 aromatic rings. The number of hydrogen-bond donors (Lipinski definition) is 1. The summed E-state index contributed by atoms with van der Waals surface area (Å²) in [6.07, 6.45) is 5.75. The van der Waals surface area contributed by atoms with E-state index in [1.165, 1.54) is 0 Å². The molecule has 0 bridgehead atoms. The van der Waals surface area contributed by atoms with Gasteiger partial charge in [0, 0.05) is 17.4 Å². The van der Waals surface area contributed by atoms with Crippen molar-refractivity contribution in [2.45, 2.75) is 0 Å². The molecule has 2 aromatic carbocycles. The normalized spacial score (nSPS) is 10.6. The van der Waals surface area contributed by atoms with Crippen molar-refractivity contribution in [2.24, 2.45) is 0 Å². The Morgan fingerprint density at radius 2 is 1.52 bits per heavy atom. The van der Waals surface area contributed by atoms with Crippen LogP contribution in [0.3, 0.4) is 0 Å². The van der Waals surface area contributed by atoms with Gasteiger partial charge in [0.25, 0.3) is 0 Å². The lowest BCUT2D eigenvalue weighted by atomic mass is 10.1. The fourth-order valence-electron chi connectivity index (χ4n) is 2.70. The van der Waals surface area contributed by atoms with Crippen molar-refractivity contribution >= 4 is 23.7 Å². The Morgan fingerprint density at radius 1 is 0.815 bits per heavy atom. The Morgan fingerprint density at radius 3 is 2.15 bits per heavy atom. The van der Waals surface area contributed by atoms with Crippen LogP contribution < -0.4 is 19.5 Å². The van der Waals surface area contributed by atoms with Gasteiger partial charge in [0.15, 0.2) is 11.5 Å². The Labute approximate surface area is 159 Å². The van der Waals surface area contributed by atoms with Gasteiger partial charge in [-0.1, -0.05) is 30.4 Å². The highest BCUT2D eigenvalue weighted by Crippen LogP contribution is 2.38. The van der Waals surface area contributed by atoms with E-state index in [0.717, 1.165) is 22.6 Å². The van der Waals surface area contributed by atoms with Crippen LogP contribution in [0.4, 0.5) is 11.5 Å². The quantitative estimate of drug-likeness (QED) is 0.639. The molecule has 138 valence electrons. The summed E-state index contributed by atoms with van der Waals surface area (Å²) in [4.78, 5) is 4.45. The predicted molar refractivity (Wildman–Crippen MR) is 109 cm³/mol. The number of hydrogen-bond acceptors (Lipinski definition) is 5. The van der Waals surface area contributed by atoms with Gasteiger partial charge in [0.05, 0.1) is 21.3 Å². The van der Waals surface area contributed by atoms with Gasteiger partial charge in [-0.25, -0.2) is 4.98 Å². The van der Waals surface area contributed by atoms with Gasteiger partial charge in [-0.05, 0) is 42.0 Å². The first-order valence-electron chi connectivity index (χ1n) is 8.50. The maximum Gasteiger partial charge on any atom is 0.203 e.